The summed E-state index contributed by atoms with van der Waals surface area (Å²) in [6, 6.07) is 16.7. The van der Waals surface area contributed by atoms with Crippen LogP contribution in [-0.2, 0) is 11.8 Å². The second kappa shape index (κ2) is 11.2. The number of nitrogens with one attached hydrogen (secondary N) is 2. The standard InChI is InChI=1S/C28H26N8O5/c1-36-21-13-15(26(38)31-11-12-41-22-6-4-3-5-17(22)27(39)40-2)7-9-19(21)35-25(36)23(37)24-33-18-10-8-16(32-28(29)30)14-20(18)34-24/h3-10,13-14H,11-12H2,1-2H3,(H,31,38)(H,33,34)(H4,29,30,32). The smallest absolute Gasteiger partial charge is 0.341 e. The zero-order valence-corrected chi connectivity index (χ0v) is 22.2. The SMILES string of the molecule is COC(=O)c1ccccc1OCCNC(=O)c1ccc2nc(C(=O)c3nc4ccc(N=C(N)N)cc4[nH]3)n(C)c2c1. The number of imidazole rings is 2. The summed E-state index contributed by atoms with van der Waals surface area (Å²) in [5, 5.41) is 2.79. The van der Waals surface area contributed by atoms with Gasteiger partial charge in [-0.3, -0.25) is 9.59 Å². The van der Waals surface area contributed by atoms with Crippen LogP contribution >= 0.6 is 0 Å². The summed E-state index contributed by atoms with van der Waals surface area (Å²) in [7, 11) is 2.98. The Hall–Kier alpha value is -5.72. The quantitative estimate of drug-likeness (QED) is 0.0695. The molecule has 0 saturated heterocycles. The number of amides is 1. The van der Waals surface area contributed by atoms with Crippen LogP contribution in [0, 0.1) is 0 Å². The van der Waals surface area contributed by atoms with Gasteiger partial charge in [-0.2, -0.15) is 0 Å². The van der Waals surface area contributed by atoms with E-state index in [-0.39, 0.29) is 36.7 Å². The number of esters is 1. The predicted molar refractivity (Wildman–Crippen MR) is 151 cm³/mol. The number of aromatic amines is 1. The van der Waals surface area contributed by atoms with Crippen molar-refractivity contribution in [2.75, 3.05) is 20.3 Å². The molecule has 3 aromatic carbocycles. The molecule has 0 radical (unpaired) electrons. The van der Waals surface area contributed by atoms with Gasteiger partial charge in [-0.25, -0.2) is 19.8 Å². The Kier molecular flexibility index (Phi) is 7.33. The summed E-state index contributed by atoms with van der Waals surface area (Å²) >= 11 is 0. The number of rotatable bonds is 9. The van der Waals surface area contributed by atoms with Gasteiger partial charge in [0.1, 0.15) is 17.9 Å². The van der Waals surface area contributed by atoms with Gasteiger partial charge >= 0.3 is 5.97 Å². The van der Waals surface area contributed by atoms with Crippen LogP contribution in [0.1, 0.15) is 37.2 Å². The third-order valence-corrected chi connectivity index (χ3v) is 6.22. The first-order valence-corrected chi connectivity index (χ1v) is 12.4. The molecule has 2 aromatic heterocycles. The van der Waals surface area contributed by atoms with Crippen molar-refractivity contribution in [1.29, 1.82) is 0 Å². The topological polar surface area (TPSA) is 193 Å². The van der Waals surface area contributed by atoms with E-state index in [9.17, 15) is 14.4 Å². The average Bonchev–Trinajstić information content (AvgIpc) is 3.54. The van der Waals surface area contributed by atoms with Crippen molar-refractivity contribution in [2.45, 2.75) is 0 Å². The monoisotopic (exact) mass is 554 g/mol. The number of hydrogen-bond donors (Lipinski definition) is 4. The molecular formula is C28H26N8O5. The minimum Gasteiger partial charge on any atom is -0.491 e. The number of ketones is 1. The summed E-state index contributed by atoms with van der Waals surface area (Å²) in [6.07, 6.45) is 0. The van der Waals surface area contributed by atoms with Gasteiger partial charge in [-0.15, -0.1) is 0 Å². The molecule has 0 aliphatic heterocycles. The maximum Gasteiger partial charge on any atom is 0.341 e. The van der Waals surface area contributed by atoms with E-state index in [0.717, 1.165) is 0 Å². The number of methoxy groups -OCH3 is 1. The van der Waals surface area contributed by atoms with Crippen molar-refractivity contribution >= 4 is 51.4 Å². The molecule has 0 atom stereocenters. The van der Waals surface area contributed by atoms with E-state index in [2.05, 4.69) is 25.3 Å². The van der Waals surface area contributed by atoms with Crippen molar-refractivity contribution < 1.29 is 23.9 Å². The Bertz CT molecular complexity index is 1830. The molecule has 0 bridgehead atoms. The maximum absolute atomic E-state index is 13.3. The Labute approximate surface area is 233 Å². The summed E-state index contributed by atoms with van der Waals surface area (Å²) in [5.74, 6) is -0.725. The number of nitrogens with zero attached hydrogens (tertiary/aromatic N) is 4. The van der Waals surface area contributed by atoms with Crippen molar-refractivity contribution in [3.63, 3.8) is 0 Å². The van der Waals surface area contributed by atoms with Crippen LogP contribution in [0.25, 0.3) is 22.1 Å². The van der Waals surface area contributed by atoms with E-state index in [1.165, 1.54) is 7.11 Å². The lowest BCUT2D eigenvalue weighted by Gasteiger charge is -2.11. The molecule has 0 fully saturated rings. The molecule has 208 valence electrons. The molecule has 1 amide bonds. The molecule has 0 saturated carbocycles. The molecule has 5 rings (SSSR count). The highest BCUT2D eigenvalue weighted by Gasteiger charge is 2.21. The van der Waals surface area contributed by atoms with E-state index in [0.29, 0.717) is 44.6 Å². The van der Waals surface area contributed by atoms with Crippen LogP contribution < -0.4 is 21.5 Å². The second-order valence-electron chi connectivity index (χ2n) is 8.94. The number of aryl methyl sites for hydroxylation is 1. The van der Waals surface area contributed by atoms with Crippen LogP contribution in [0.4, 0.5) is 5.69 Å². The molecule has 0 aliphatic rings. The Morgan fingerprint density at radius 3 is 2.59 bits per heavy atom. The number of H-pyrrole nitrogens is 1. The number of aliphatic imine (C=N–C) groups is 1. The molecule has 0 aliphatic carbocycles. The molecule has 41 heavy (non-hydrogen) atoms. The minimum absolute atomic E-state index is 0.0809. The fraction of sp³-hybridized carbons (Fsp3) is 0.143. The normalized spacial score (nSPS) is 10.9. The van der Waals surface area contributed by atoms with Crippen molar-refractivity contribution in [3.8, 4) is 5.75 Å². The fourth-order valence-corrected chi connectivity index (χ4v) is 4.26. The third-order valence-electron chi connectivity index (χ3n) is 6.22. The van der Waals surface area contributed by atoms with Gasteiger partial charge in [0.05, 0.1) is 41.4 Å². The molecule has 5 aromatic rings. The molecule has 0 spiro atoms. The van der Waals surface area contributed by atoms with Gasteiger partial charge in [-0.1, -0.05) is 12.1 Å². The number of aromatic nitrogens is 4. The highest BCUT2D eigenvalue weighted by Crippen LogP contribution is 2.23. The van der Waals surface area contributed by atoms with Crippen LogP contribution in [0.5, 0.6) is 5.75 Å². The van der Waals surface area contributed by atoms with E-state index >= 15 is 0 Å². The maximum atomic E-state index is 13.3. The van der Waals surface area contributed by atoms with Crippen LogP contribution in [0.2, 0.25) is 0 Å². The Balaban J connectivity index is 1.28. The highest BCUT2D eigenvalue weighted by molar-refractivity contribution is 6.08. The summed E-state index contributed by atoms with van der Waals surface area (Å²) < 4.78 is 12.0. The van der Waals surface area contributed by atoms with Crippen LogP contribution in [0.3, 0.4) is 0 Å². The van der Waals surface area contributed by atoms with Gasteiger partial charge in [0.25, 0.3) is 11.7 Å². The average molecular weight is 555 g/mol. The second-order valence-corrected chi connectivity index (χ2v) is 8.94. The number of fused-ring (bicyclic) bond motifs is 2. The lowest BCUT2D eigenvalue weighted by molar-refractivity contribution is 0.0595. The molecule has 2 heterocycles. The number of ether oxygens (including phenoxy) is 2. The zero-order valence-electron chi connectivity index (χ0n) is 22.2. The molecular weight excluding hydrogens is 528 g/mol. The first-order chi connectivity index (χ1) is 19.7. The summed E-state index contributed by atoms with van der Waals surface area (Å²) in [6.45, 7) is 0.329. The van der Waals surface area contributed by atoms with Gasteiger partial charge in [-0.05, 0) is 48.5 Å². The first kappa shape index (κ1) is 26.9. The van der Waals surface area contributed by atoms with E-state index < -0.39 is 11.8 Å². The van der Waals surface area contributed by atoms with Gasteiger partial charge < -0.3 is 35.8 Å². The lowest BCUT2D eigenvalue weighted by atomic mass is 10.2. The first-order valence-electron chi connectivity index (χ1n) is 12.4. The number of carbonyl (C=O) groups is 3. The molecule has 13 heteroatoms. The lowest BCUT2D eigenvalue weighted by Crippen LogP contribution is -2.28. The third kappa shape index (κ3) is 5.54. The predicted octanol–water partition coefficient (Wildman–Crippen LogP) is 2.18. The summed E-state index contributed by atoms with van der Waals surface area (Å²) in [4.78, 5) is 53.8. The fourth-order valence-electron chi connectivity index (χ4n) is 4.26. The van der Waals surface area contributed by atoms with Gasteiger partial charge in [0, 0.05) is 12.6 Å². The number of hydrogen-bond acceptors (Lipinski definition) is 8. The number of benzene rings is 3. The van der Waals surface area contributed by atoms with Crippen molar-refractivity contribution in [3.05, 3.63) is 83.4 Å². The zero-order chi connectivity index (χ0) is 29.1. The van der Waals surface area contributed by atoms with Crippen molar-refractivity contribution in [1.82, 2.24) is 24.8 Å². The van der Waals surface area contributed by atoms with Crippen LogP contribution in [0.15, 0.2) is 65.7 Å². The van der Waals surface area contributed by atoms with E-state index in [1.54, 1.807) is 72.3 Å². The number of nitrogens with two attached hydrogens (primary N) is 2. The largest absolute Gasteiger partial charge is 0.491 e. The van der Waals surface area contributed by atoms with Crippen LogP contribution in [-0.4, -0.2) is 63.4 Å². The molecule has 13 nitrogen and oxygen atoms in total. The Morgan fingerprint density at radius 1 is 1.02 bits per heavy atom. The number of guanidine groups is 1. The van der Waals surface area contributed by atoms with Gasteiger partial charge in [0.15, 0.2) is 17.6 Å². The molecule has 6 N–H and O–H groups in total. The minimum atomic E-state index is -0.510. The van der Waals surface area contributed by atoms with Gasteiger partial charge in [0.2, 0.25) is 0 Å². The Morgan fingerprint density at radius 2 is 1.80 bits per heavy atom. The highest BCUT2D eigenvalue weighted by atomic mass is 16.5. The van der Waals surface area contributed by atoms with E-state index in [4.69, 9.17) is 20.9 Å². The van der Waals surface area contributed by atoms with E-state index in [1.807, 2.05) is 0 Å². The van der Waals surface area contributed by atoms with Crippen molar-refractivity contribution in [2.24, 2.45) is 23.5 Å². The number of carbonyl (C=O) groups excluding carboxylic acids is 3. The molecule has 0 unspecified atom stereocenters. The summed E-state index contributed by atoms with van der Waals surface area (Å²) in [5.41, 5.74) is 14.4. The number of para-hydroxylation sites is 1.